The second kappa shape index (κ2) is 6.49. The second-order valence-corrected chi connectivity index (χ2v) is 3.76. The van der Waals surface area contributed by atoms with Crippen LogP contribution in [0.4, 0.5) is 0 Å². The maximum absolute atomic E-state index is 11.6. The van der Waals surface area contributed by atoms with Crippen molar-refractivity contribution in [1.82, 2.24) is 0 Å². The Kier molecular flexibility index (Phi) is 5.00. The molecule has 0 aliphatic carbocycles. The van der Waals surface area contributed by atoms with E-state index in [0.717, 1.165) is 0 Å². The zero-order valence-corrected chi connectivity index (χ0v) is 10.7. The second-order valence-electron chi connectivity index (χ2n) is 3.76. The molecule has 0 radical (unpaired) electrons. The molecule has 0 aliphatic heterocycles. The lowest BCUT2D eigenvalue weighted by Crippen LogP contribution is -2.13. The van der Waals surface area contributed by atoms with Gasteiger partial charge in [0.15, 0.2) is 5.78 Å². The third-order valence-corrected chi connectivity index (χ3v) is 2.34. The molecule has 0 heterocycles. The van der Waals surface area contributed by atoms with Crippen molar-refractivity contribution in [2.75, 3.05) is 6.61 Å². The van der Waals surface area contributed by atoms with Gasteiger partial charge in [-0.25, -0.2) is 9.59 Å². The highest BCUT2D eigenvalue weighted by atomic mass is 16.5. The molecular formula is C14H14O5. The number of carboxylic acids is 1. The van der Waals surface area contributed by atoms with E-state index in [1.165, 1.54) is 37.3 Å². The molecule has 0 bridgehead atoms. The highest BCUT2D eigenvalue weighted by Gasteiger charge is 2.15. The Bertz CT molecular complexity index is 525. The highest BCUT2D eigenvalue weighted by Crippen LogP contribution is 2.11. The summed E-state index contributed by atoms with van der Waals surface area (Å²) in [5.74, 6) is -2.12. The third-order valence-electron chi connectivity index (χ3n) is 2.34. The topological polar surface area (TPSA) is 80.7 Å². The van der Waals surface area contributed by atoms with Gasteiger partial charge < -0.3 is 9.84 Å². The third kappa shape index (κ3) is 4.06. The summed E-state index contributed by atoms with van der Waals surface area (Å²) in [5, 5.41) is 8.76. The van der Waals surface area contributed by atoms with Gasteiger partial charge in [0.1, 0.15) is 5.57 Å². The van der Waals surface area contributed by atoms with Crippen molar-refractivity contribution in [2.24, 2.45) is 0 Å². The molecule has 19 heavy (non-hydrogen) atoms. The zero-order chi connectivity index (χ0) is 14.4. The first-order chi connectivity index (χ1) is 8.95. The van der Waals surface area contributed by atoms with Gasteiger partial charge in [0.2, 0.25) is 0 Å². The van der Waals surface area contributed by atoms with Crippen LogP contribution in [-0.4, -0.2) is 29.4 Å². The fourth-order valence-electron chi connectivity index (χ4n) is 1.40. The van der Waals surface area contributed by atoms with Gasteiger partial charge in [-0.1, -0.05) is 12.1 Å². The van der Waals surface area contributed by atoms with Crippen LogP contribution in [0.25, 0.3) is 6.08 Å². The van der Waals surface area contributed by atoms with Gasteiger partial charge in [0.05, 0.1) is 12.2 Å². The zero-order valence-electron chi connectivity index (χ0n) is 10.7. The van der Waals surface area contributed by atoms with Crippen molar-refractivity contribution in [3.8, 4) is 0 Å². The van der Waals surface area contributed by atoms with Gasteiger partial charge in [0, 0.05) is 0 Å². The first kappa shape index (κ1) is 14.6. The molecule has 0 aromatic heterocycles. The minimum absolute atomic E-state index is 0.0649. The van der Waals surface area contributed by atoms with Gasteiger partial charge in [-0.05, 0) is 37.6 Å². The van der Waals surface area contributed by atoms with Gasteiger partial charge >= 0.3 is 11.9 Å². The minimum atomic E-state index is -1.03. The molecule has 1 rings (SSSR count). The molecule has 0 fully saturated rings. The molecule has 1 N–H and O–H groups in total. The van der Waals surface area contributed by atoms with E-state index >= 15 is 0 Å². The lowest BCUT2D eigenvalue weighted by atomic mass is 10.1. The summed E-state index contributed by atoms with van der Waals surface area (Å²) in [4.78, 5) is 33.6. The molecule has 0 saturated heterocycles. The molecule has 5 heteroatoms. The number of carbonyl (C=O) groups is 3. The Hall–Kier alpha value is -2.43. The van der Waals surface area contributed by atoms with Crippen LogP contribution in [0.1, 0.15) is 29.8 Å². The summed E-state index contributed by atoms with van der Waals surface area (Å²) in [6.07, 6.45) is 1.38. The van der Waals surface area contributed by atoms with E-state index < -0.39 is 17.7 Å². The molecule has 0 atom stereocenters. The molecule has 0 saturated carbocycles. The maximum atomic E-state index is 11.6. The Morgan fingerprint density at radius 3 is 2.21 bits per heavy atom. The summed E-state index contributed by atoms with van der Waals surface area (Å²) in [6.45, 7) is 3.10. The summed E-state index contributed by atoms with van der Waals surface area (Å²) in [7, 11) is 0. The van der Waals surface area contributed by atoms with E-state index in [1.807, 2.05) is 0 Å². The van der Waals surface area contributed by atoms with Crippen LogP contribution in [-0.2, 0) is 14.3 Å². The van der Waals surface area contributed by atoms with E-state index in [1.54, 1.807) is 6.92 Å². The minimum Gasteiger partial charge on any atom is -0.478 e. The number of aromatic carboxylic acids is 1. The van der Waals surface area contributed by atoms with Crippen molar-refractivity contribution >= 4 is 23.8 Å². The monoisotopic (exact) mass is 262 g/mol. The number of carboxylic acid groups (broad SMARTS) is 1. The summed E-state index contributed by atoms with van der Waals surface area (Å²) in [5.41, 5.74) is 0.630. The lowest BCUT2D eigenvalue weighted by Gasteiger charge is -2.04. The highest BCUT2D eigenvalue weighted by molar-refractivity contribution is 6.19. The van der Waals surface area contributed by atoms with E-state index in [4.69, 9.17) is 9.84 Å². The fourth-order valence-corrected chi connectivity index (χ4v) is 1.40. The van der Waals surface area contributed by atoms with Crippen molar-refractivity contribution in [1.29, 1.82) is 0 Å². The number of hydrogen-bond acceptors (Lipinski definition) is 4. The summed E-state index contributed by atoms with van der Waals surface area (Å²) in [6, 6.07) is 5.84. The fraction of sp³-hybridized carbons (Fsp3) is 0.214. The summed E-state index contributed by atoms with van der Waals surface area (Å²) < 4.78 is 4.78. The van der Waals surface area contributed by atoms with Crippen LogP contribution < -0.4 is 0 Å². The van der Waals surface area contributed by atoms with Crippen LogP contribution in [0.3, 0.4) is 0 Å². The Morgan fingerprint density at radius 1 is 1.21 bits per heavy atom. The Labute approximate surface area is 110 Å². The standard InChI is InChI=1S/C14H14O5/c1-3-19-14(18)12(9(2)15)8-10-4-6-11(7-5-10)13(16)17/h4-8H,3H2,1-2H3,(H,16,17). The number of rotatable bonds is 5. The molecule has 1 aromatic rings. The van der Waals surface area contributed by atoms with E-state index in [9.17, 15) is 14.4 Å². The number of esters is 1. The van der Waals surface area contributed by atoms with Crippen molar-refractivity contribution in [3.63, 3.8) is 0 Å². The van der Waals surface area contributed by atoms with Gasteiger partial charge in [0.25, 0.3) is 0 Å². The Balaban J connectivity index is 3.05. The average molecular weight is 262 g/mol. The van der Waals surface area contributed by atoms with Crippen LogP contribution >= 0.6 is 0 Å². The quantitative estimate of drug-likeness (QED) is 0.379. The van der Waals surface area contributed by atoms with Gasteiger partial charge in [-0.2, -0.15) is 0 Å². The number of ether oxygens (including phenoxy) is 1. The van der Waals surface area contributed by atoms with Crippen LogP contribution in [0.15, 0.2) is 29.8 Å². The van der Waals surface area contributed by atoms with Gasteiger partial charge in [-0.3, -0.25) is 4.79 Å². The predicted molar refractivity (Wildman–Crippen MR) is 68.7 cm³/mol. The molecular weight excluding hydrogens is 248 g/mol. The number of Topliss-reactive ketones (excluding diaryl/α,β-unsaturated/α-hetero) is 1. The first-order valence-corrected chi connectivity index (χ1v) is 5.68. The number of hydrogen-bond donors (Lipinski definition) is 1. The Morgan fingerprint density at radius 2 is 1.79 bits per heavy atom. The molecule has 1 aromatic carbocycles. The number of carbonyl (C=O) groups excluding carboxylic acids is 2. The van der Waals surface area contributed by atoms with Crippen molar-refractivity contribution in [3.05, 3.63) is 41.0 Å². The molecule has 0 amide bonds. The average Bonchev–Trinajstić information content (AvgIpc) is 2.36. The largest absolute Gasteiger partial charge is 0.478 e. The van der Waals surface area contributed by atoms with E-state index in [0.29, 0.717) is 5.56 Å². The predicted octanol–water partition coefficient (Wildman–Crippen LogP) is 1.92. The van der Waals surface area contributed by atoms with Crippen LogP contribution in [0.5, 0.6) is 0 Å². The van der Waals surface area contributed by atoms with E-state index in [-0.39, 0.29) is 17.7 Å². The van der Waals surface area contributed by atoms with E-state index in [2.05, 4.69) is 0 Å². The van der Waals surface area contributed by atoms with Crippen molar-refractivity contribution in [2.45, 2.75) is 13.8 Å². The lowest BCUT2D eigenvalue weighted by molar-refractivity contribution is -0.139. The number of ketones is 1. The van der Waals surface area contributed by atoms with Crippen LogP contribution in [0.2, 0.25) is 0 Å². The SMILES string of the molecule is CCOC(=O)C(=Cc1ccc(C(=O)O)cc1)C(C)=O. The van der Waals surface area contributed by atoms with Crippen LogP contribution in [0, 0.1) is 0 Å². The smallest absolute Gasteiger partial charge is 0.341 e. The normalized spacial score (nSPS) is 10.9. The molecule has 0 unspecified atom stereocenters. The summed E-state index contributed by atoms with van der Waals surface area (Å²) >= 11 is 0. The number of benzene rings is 1. The first-order valence-electron chi connectivity index (χ1n) is 5.68. The molecule has 0 aliphatic rings. The molecule has 5 nitrogen and oxygen atoms in total. The molecule has 100 valence electrons. The van der Waals surface area contributed by atoms with Crippen molar-refractivity contribution < 1.29 is 24.2 Å². The molecule has 0 spiro atoms. The van der Waals surface area contributed by atoms with Gasteiger partial charge in [-0.15, -0.1) is 0 Å². The maximum Gasteiger partial charge on any atom is 0.341 e.